The first-order valence-corrected chi connectivity index (χ1v) is 8.90. The molecule has 0 amide bonds. The van der Waals surface area contributed by atoms with Gasteiger partial charge in [0.1, 0.15) is 0 Å². The van der Waals surface area contributed by atoms with Crippen molar-refractivity contribution in [2.45, 2.75) is 26.3 Å². The second-order valence-corrected chi connectivity index (χ2v) is 6.47. The van der Waals surface area contributed by atoms with Crippen molar-refractivity contribution < 1.29 is 0 Å². The number of nitrogens with two attached hydrogens (primary N) is 1. The Balaban J connectivity index is 1.82. The number of nitrogens with one attached hydrogen (secondary N) is 1. The number of rotatable bonds is 6. The number of benzene rings is 1. The van der Waals surface area contributed by atoms with Gasteiger partial charge in [0, 0.05) is 36.8 Å². The summed E-state index contributed by atoms with van der Waals surface area (Å²) in [6.07, 6.45) is 2.29. The summed E-state index contributed by atoms with van der Waals surface area (Å²) in [5.41, 5.74) is 8.35. The van der Waals surface area contributed by atoms with Crippen LogP contribution < -0.4 is 16.0 Å². The predicted octanol–water partition coefficient (Wildman–Crippen LogP) is 2.44. The Bertz CT molecular complexity index is 438. The summed E-state index contributed by atoms with van der Waals surface area (Å²) < 4.78 is 0. The van der Waals surface area contributed by atoms with Gasteiger partial charge in [-0.05, 0) is 24.1 Å². The highest BCUT2D eigenvalue weighted by Crippen LogP contribution is 2.20. The highest BCUT2D eigenvalue weighted by atomic mass is 32.2. The lowest BCUT2D eigenvalue weighted by atomic mass is 10.2. The van der Waals surface area contributed by atoms with Gasteiger partial charge in [-0.25, -0.2) is 4.99 Å². The fraction of sp³-hybridized carbons (Fsp3) is 0.562. The summed E-state index contributed by atoms with van der Waals surface area (Å²) in [6.45, 7) is 6.00. The predicted molar refractivity (Wildman–Crippen MR) is 94.2 cm³/mol. The number of guanidine groups is 1. The summed E-state index contributed by atoms with van der Waals surface area (Å²) in [5, 5.41) is 3.13. The molecule has 1 fully saturated rings. The smallest absolute Gasteiger partial charge is 0.188 e. The van der Waals surface area contributed by atoms with Crippen LogP contribution in [0.3, 0.4) is 0 Å². The molecule has 0 spiro atoms. The molecule has 1 aromatic rings. The van der Waals surface area contributed by atoms with Gasteiger partial charge in [-0.1, -0.05) is 25.5 Å². The van der Waals surface area contributed by atoms with Crippen LogP contribution in [0.15, 0.2) is 29.3 Å². The second kappa shape index (κ2) is 8.82. The average molecular weight is 306 g/mol. The van der Waals surface area contributed by atoms with Crippen molar-refractivity contribution in [3.63, 3.8) is 0 Å². The van der Waals surface area contributed by atoms with Crippen molar-refractivity contribution in [2.75, 3.05) is 36.0 Å². The van der Waals surface area contributed by atoms with Crippen LogP contribution >= 0.6 is 11.8 Å². The molecule has 0 aliphatic carbocycles. The van der Waals surface area contributed by atoms with Gasteiger partial charge in [-0.2, -0.15) is 11.8 Å². The average Bonchev–Trinajstić information content (AvgIpc) is 2.54. The van der Waals surface area contributed by atoms with E-state index in [-0.39, 0.29) is 0 Å². The Morgan fingerprint density at radius 1 is 1.29 bits per heavy atom. The standard InChI is InChI=1S/C16H26N4S/c1-2-3-8-18-16(17)19-13-14-4-6-15(7-5-14)20-9-11-21-12-10-20/h4-7H,2-3,8-13H2,1H3,(H3,17,18,19). The van der Waals surface area contributed by atoms with Crippen molar-refractivity contribution in [3.8, 4) is 0 Å². The van der Waals surface area contributed by atoms with Crippen molar-refractivity contribution >= 4 is 23.4 Å². The van der Waals surface area contributed by atoms with Gasteiger partial charge < -0.3 is 16.0 Å². The van der Waals surface area contributed by atoms with Crippen molar-refractivity contribution in [3.05, 3.63) is 29.8 Å². The fourth-order valence-electron chi connectivity index (χ4n) is 2.26. The van der Waals surface area contributed by atoms with Crippen LogP contribution in [0.25, 0.3) is 0 Å². The molecule has 21 heavy (non-hydrogen) atoms. The van der Waals surface area contributed by atoms with E-state index in [0.29, 0.717) is 12.5 Å². The summed E-state index contributed by atoms with van der Waals surface area (Å²) in [5.74, 6) is 3.00. The molecule has 116 valence electrons. The molecule has 0 saturated carbocycles. The topological polar surface area (TPSA) is 53.6 Å². The number of nitrogens with zero attached hydrogens (tertiary/aromatic N) is 2. The van der Waals surface area contributed by atoms with Crippen molar-refractivity contribution in [1.82, 2.24) is 5.32 Å². The minimum absolute atomic E-state index is 0.542. The molecule has 1 heterocycles. The number of hydrogen-bond donors (Lipinski definition) is 2. The molecule has 0 atom stereocenters. The van der Waals surface area contributed by atoms with Gasteiger partial charge in [0.15, 0.2) is 5.96 Å². The Hall–Kier alpha value is -1.36. The van der Waals surface area contributed by atoms with Crippen LogP contribution in [0.1, 0.15) is 25.3 Å². The van der Waals surface area contributed by atoms with Crippen LogP contribution in [0, 0.1) is 0 Å². The second-order valence-electron chi connectivity index (χ2n) is 5.25. The maximum absolute atomic E-state index is 5.84. The van der Waals surface area contributed by atoms with E-state index in [9.17, 15) is 0 Å². The zero-order chi connectivity index (χ0) is 14.9. The first-order chi connectivity index (χ1) is 10.3. The van der Waals surface area contributed by atoms with Crippen molar-refractivity contribution in [1.29, 1.82) is 0 Å². The summed E-state index contributed by atoms with van der Waals surface area (Å²) in [7, 11) is 0. The summed E-state index contributed by atoms with van der Waals surface area (Å²) >= 11 is 2.04. The monoisotopic (exact) mass is 306 g/mol. The lowest BCUT2D eigenvalue weighted by Gasteiger charge is -2.28. The van der Waals surface area contributed by atoms with Crippen LogP contribution in [0.4, 0.5) is 5.69 Å². The van der Waals surface area contributed by atoms with E-state index in [1.165, 1.54) is 22.8 Å². The molecule has 3 N–H and O–H groups in total. The van der Waals surface area contributed by atoms with E-state index in [1.807, 2.05) is 11.8 Å². The van der Waals surface area contributed by atoms with Crippen molar-refractivity contribution in [2.24, 2.45) is 10.7 Å². The number of hydrogen-bond acceptors (Lipinski definition) is 3. The van der Waals surface area contributed by atoms with Gasteiger partial charge in [0.2, 0.25) is 0 Å². The number of anilines is 1. The highest BCUT2D eigenvalue weighted by Gasteiger charge is 2.10. The molecule has 1 aliphatic heterocycles. The largest absolute Gasteiger partial charge is 0.370 e. The molecule has 2 rings (SSSR count). The van der Waals surface area contributed by atoms with E-state index in [4.69, 9.17) is 5.73 Å². The highest BCUT2D eigenvalue weighted by molar-refractivity contribution is 7.99. The van der Waals surface area contributed by atoms with E-state index < -0.39 is 0 Å². The molecule has 1 aliphatic rings. The Morgan fingerprint density at radius 3 is 2.67 bits per heavy atom. The fourth-order valence-corrected chi connectivity index (χ4v) is 3.16. The molecule has 0 unspecified atom stereocenters. The third kappa shape index (κ3) is 5.50. The maximum atomic E-state index is 5.84. The molecule has 1 saturated heterocycles. The van der Waals surface area contributed by atoms with E-state index >= 15 is 0 Å². The Labute approximate surface area is 132 Å². The maximum Gasteiger partial charge on any atom is 0.188 e. The Kier molecular flexibility index (Phi) is 6.73. The minimum Gasteiger partial charge on any atom is -0.370 e. The van der Waals surface area contributed by atoms with Gasteiger partial charge >= 0.3 is 0 Å². The Morgan fingerprint density at radius 2 is 2.00 bits per heavy atom. The summed E-state index contributed by atoms with van der Waals surface area (Å²) in [4.78, 5) is 6.82. The molecule has 0 bridgehead atoms. The zero-order valence-electron chi connectivity index (χ0n) is 12.8. The lowest BCUT2D eigenvalue weighted by Crippen LogP contribution is -2.32. The molecule has 0 radical (unpaired) electrons. The van der Waals surface area contributed by atoms with Crippen LogP contribution in [0.5, 0.6) is 0 Å². The summed E-state index contributed by atoms with van der Waals surface area (Å²) in [6, 6.07) is 8.70. The van der Waals surface area contributed by atoms with E-state index in [1.54, 1.807) is 0 Å². The molecule has 5 heteroatoms. The van der Waals surface area contributed by atoms with Crippen LogP contribution in [0.2, 0.25) is 0 Å². The van der Waals surface area contributed by atoms with E-state index in [2.05, 4.69) is 46.4 Å². The first-order valence-electron chi connectivity index (χ1n) is 7.75. The van der Waals surface area contributed by atoms with Gasteiger partial charge in [0.25, 0.3) is 0 Å². The number of thioether (sulfide) groups is 1. The molecule has 1 aromatic carbocycles. The number of unbranched alkanes of at least 4 members (excludes halogenated alkanes) is 1. The van der Waals surface area contributed by atoms with Gasteiger partial charge in [-0.15, -0.1) is 0 Å². The van der Waals surface area contributed by atoms with Crippen LogP contribution in [-0.4, -0.2) is 37.1 Å². The first kappa shape index (κ1) is 16.0. The van der Waals surface area contributed by atoms with E-state index in [0.717, 1.165) is 32.5 Å². The minimum atomic E-state index is 0.542. The molecule has 4 nitrogen and oxygen atoms in total. The molecule has 0 aromatic heterocycles. The third-order valence-electron chi connectivity index (χ3n) is 3.58. The normalized spacial score (nSPS) is 16.0. The van der Waals surface area contributed by atoms with Gasteiger partial charge in [-0.3, -0.25) is 0 Å². The third-order valence-corrected chi connectivity index (χ3v) is 4.52. The lowest BCUT2D eigenvalue weighted by molar-refractivity contribution is 0.748. The number of aliphatic imine (C=N–C) groups is 1. The molecular formula is C16H26N4S. The SMILES string of the molecule is CCCCNC(N)=NCc1ccc(N2CCSCC2)cc1. The quantitative estimate of drug-likeness (QED) is 0.481. The van der Waals surface area contributed by atoms with Crippen LogP contribution in [-0.2, 0) is 6.54 Å². The molecular weight excluding hydrogens is 280 g/mol. The van der Waals surface area contributed by atoms with Gasteiger partial charge in [0.05, 0.1) is 6.54 Å². The zero-order valence-corrected chi connectivity index (χ0v) is 13.7.